The number of nitrogens with one attached hydrogen (secondary N) is 1. The summed E-state index contributed by atoms with van der Waals surface area (Å²) in [6.45, 7) is 12.4. The highest BCUT2D eigenvalue weighted by atomic mass is 35.5. The Labute approximate surface area is 108 Å². The van der Waals surface area contributed by atoms with E-state index in [4.69, 9.17) is 11.6 Å². The van der Waals surface area contributed by atoms with E-state index < -0.39 is 0 Å². The minimum Gasteiger partial charge on any atom is -0.310 e. The first kappa shape index (κ1) is 14.0. The van der Waals surface area contributed by atoms with Crippen LogP contribution in [-0.4, -0.2) is 6.54 Å². The first-order chi connectivity index (χ1) is 7.33. The van der Waals surface area contributed by atoms with E-state index in [0.29, 0.717) is 17.4 Å². The molecule has 1 N–H and O–H groups in total. The van der Waals surface area contributed by atoms with Crippen molar-refractivity contribution in [2.45, 2.75) is 40.7 Å². The SMILES string of the molecule is CC(NCC(C)(C)C(C)C)c1csc(Cl)c1. The van der Waals surface area contributed by atoms with Crippen LogP contribution in [0.4, 0.5) is 0 Å². The summed E-state index contributed by atoms with van der Waals surface area (Å²) in [6.07, 6.45) is 0. The Hall–Kier alpha value is -0.0500. The van der Waals surface area contributed by atoms with Gasteiger partial charge in [-0.05, 0) is 35.3 Å². The fourth-order valence-electron chi connectivity index (χ4n) is 1.29. The number of hydrogen-bond donors (Lipinski definition) is 1. The molecule has 92 valence electrons. The zero-order chi connectivity index (χ0) is 12.3. The van der Waals surface area contributed by atoms with Crippen LogP contribution in [0.25, 0.3) is 0 Å². The second-order valence-electron chi connectivity index (χ2n) is 5.43. The smallest absolute Gasteiger partial charge is 0.0931 e. The zero-order valence-electron chi connectivity index (χ0n) is 10.8. The normalized spacial score (nSPS) is 14.4. The van der Waals surface area contributed by atoms with Crippen molar-refractivity contribution >= 4 is 22.9 Å². The molecule has 1 aromatic heterocycles. The van der Waals surface area contributed by atoms with Gasteiger partial charge in [0.1, 0.15) is 0 Å². The maximum Gasteiger partial charge on any atom is 0.0931 e. The molecule has 0 fully saturated rings. The standard InChI is InChI=1S/C13H22ClNS/c1-9(2)13(4,5)8-15-10(3)11-6-12(14)16-7-11/h6-7,9-10,15H,8H2,1-5H3. The second-order valence-corrected chi connectivity index (χ2v) is 6.97. The van der Waals surface area contributed by atoms with Gasteiger partial charge in [-0.1, -0.05) is 39.3 Å². The Morgan fingerprint density at radius 3 is 2.44 bits per heavy atom. The summed E-state index contributed by atoms with van der Waals surface area (Å²) in [5.74, 6) is 0.679. The van der Waals surface area contributed by atoms with Gasteiger partial charge < -0.3 is 5.32 Å². The van der Waals surface area contributed by atoms with Crippen LogP contribution in [-0.2, 0) is 0 Å². The maximum absolute atomic E-state index is 5.94. The molecule has 1 atom stereocenters. The summed E-state index contributed by atoms with van der Waals surface area (Å²) >= 11 is 7.53. The average Bonchev–Trinajstić information content (AvgIpc) is 2.61. The van der Waals surface area contributed by atoms with Crippen LogP contribution in [0.2, 0.25) is 4.34 Å². The number of halogens is 1. The first-order valence-corrected chi connectivity index (χ1v) is 7.06. The van der Waals surface area contributed by atoms with Crippen molar-refractivity contribution < 1.29 is 0 Å². The third-order valence-corrected chi connectivity index (χ3v) is 4.62. The van der Waals surface area contributed by atoms with Crippen molar-refractivity contribution in [2.24, 2.45) is 11.3 Å². The minimum absolute atomic E-state index is 0.327. The molecule has 1 nitrogen and oxygen atoms in total. The van der Waals surface area contributed by atoms with Crippen molar-refractivity contribution in [1.29, 1.82) is 0 Å². The van der Waals surface area contributed by atoms with Crippen molar-refractivity contribution in [1.82, 2.24) is 5.32 Å². The van der Waals surface area contributed by atoms with Gasteiger partial charge in [0.2, 0.25) is 0 Å². The van der Waals surface area contributed by atoms with Crippen molar-refractivity contribution in [3.05, 3.63) is 21.3 Å². The Bertz CT molecular complexity index is 330. The highest BCUT2D eigenvalue weighted by Gasteiger charge is 2.22. The van der Waals surface area contributed by atoms with Crippen LogP contribution in [0.15, 0.2) is 11.4 Å². The molecule has 0 saturated heterocycles. The molecule has 0 spiro atoms. The zero-order valence-corrected chi connectivity index (χ0v) is 12.4. The average molecular weight is 260 g/mol. The van der Waals surface area contributed by atoms with E-state index in [1.54, 1.807) is 11.3 Å². The summed E-state index contributed by atoms with van der Waals surface area (Å²) in [4.78, 5) is 0. The number of hydrogen-bond acceptors (Lipinski definition) is 2. The van der Waals surface area contributed by atoms with Gasteiger partial charge in [0.15, 0.2) is 0 Å². The topological polar surface area (TPSA) is 12.0 Å². The molecule has 1 unspecified atom stereocenters. The lowest BCUT2D eigenvalue weighted by molar-refractivity contribution is 0.230. The van der Waals surface area contributed by atoms with Crippen LogP contribution < -0.4 is 5.32 Å². The van der Waals surface area contributed by atoms with Crippen LogP contribution in [0.5, 0.6) is 0 Å². The molecule has 1 heterocycles. The van der Waals surface area contributed by atoms with Crippen LogP contribution in [0, 0.1) is 11.3 Å². The van der Waals surface area contributed by atoms with Gasteiger partial charge in [-0.2, -0.15) is 0 Å². The molecule has 0 amide bonds. The van der Waals surface area contributed by atoms with E-state index in [2.05, 4.69) is 45.3 Å². The van der Waals surface area contributed by atoms with Gasteiger partial charge in [-0.3, -0.25) is 0 Å². The molecule has 0 aliphatic heterocycles. The van der Waals surface area contributed by atoms with Gasteiger partial charge in [0.05, 0.1) is 4.34 Å². The molecule has 1 aromatic rings. The third kappa shape index (κ3) is 3.76. The summed E-state index contributed by atoms with van der Waals surface area (Å²) < 4.78 is 0.867. The van der Waals surface area contributed by atoms with E-state index >= 15 is 0 Å². The summed E-state index contributed by atoms with van der Waals surface area (Å²) in [5, 5.41) is 5.71. The van der Waals surface area contributed by atoms with Crippen molar-refractivity contribution in [2.75, 3.05) is 6.54 Å². The second kappa shape index (κ2) is 5.52. The van der Waals surface area contributed by atoms with Gasteiger partial charge >= 0.3 is 0 Å². The molecule has 0 radical (unpaired) electrons. The molecule has 0 bridgehead atoms. The number of rotatable bonds is 5. The van der Waals surface area contributed by atoms with Gasteiger partial charge in [0.25, 0.3) is 0 Å². The maximum atomic E-state index is 5.94. The summed E-state index contributed by atoms with van der Waals surface area (Å²) in [6, 6.07) is 2.42. The molecule has 3 heteroatoms. The highest BCUT2D eigenvalue weighted by Crippen LogP contribution is 2.28. The van der Waals surface area contributed by atoms with E-state index in [9.17, 15) is 0 Å². The minimum atomic E-state index is 0.327. The van der Waals surface area contributed by atoms with Gasteiger partial charge in [-0.15, -0.1) is 11.3 Å². The predicted molar refractivity (Wildman–Crippen MR) is 74.4 cm³/mol. The molecular weight excluding hydrogens is 238 g/mol. The van der Waals surface area contributed by atoms with Crippen molar-refractivity contribution in [3.8, 4) is 0 Å². The molecule has 0 saturated carbocycles. The monoisotopic (exact) mass is 259 g/mol. The molecule has 0 aromatic carbocycles. The lowest BCUT2D eigenvalue weighted by Gasteiger charge is -2.31. The Morgan fingerprint density at radius 2 is 2.00 bits per heavy atom. The molecular formula is C13H22ClNS. The van der Waals surface area contributed by atoms with E-state index in [1.807, 2.05) is 6.07 Å². The lowest BCUT2D eigenvalue weighted by Crippen LogP contribution is -2.34. The molecule has 0 aliphatic rings. The van der Waals surface area contributed by atoms with Crippen LogP contribution >= 0.6 is 22.9 Å². The van der Waals surface area contributed by atoms with E-state index in [1.165, 1.54) is 5.56 Å². The molecule has 16 heavy (non-hydrogen) atoms. The van der Waals surface area contributed by atoms with Gasteiger partial charge in [-0.25, -0.2) is 0 Å². The fraction of sp³-hybridized carbons (Fsp3) is 0.692. The van der Waals surface area contributed by atoms with Crippen molar-refractivity contribution in [3.63, 3.8) is 0 Å². The van der Waals surface area contributed by atoms with E-state index in [0.717, 1.165) is 10.9 Å². The van der Waals surface area contributed by atoms with Gasteiger partial charge in [0, 0.05) is 12.6 Å². The quantitative estimate of drug-likeness (QED) is 0.806. The summed E-state index contributed by atoms with van der Waals surface area (Å²) in [7, 11) is 0. The van der Waals surface area contributed by atoms with Crippen LogP contribution in [0.3, 0.4) is 0 Å². The third-order valence-electron chi connectivity index (χ3n) is 3.51. The largest absolute Gasteiger partial charge is 0.310 e. The Balaban J connectivity index is 2.50. The lowest BCUT2D eigenvalue weighted by atomic mass is 9.81. The Kier molecular flexibility index (Phi) is 4.84. The molecule has 0 aliphatic carbocycles. The Morgan fingerprint density at radius 1 is 1.38 bits per heavy atom. The fourth-order valence-corrected chi connectivity index (χ4v) is 2.27. The van der Waals surface area contributed by atoms with E-state index in [-0.39, 0.29) is 0 Å². The first-order valence-electron chi connectivity index (χ1n) is 5.80. The summed E-state index contributed by atoms with van der Waals surface area (Å²) in [5.41, 5.74) is 1.61. The molecule has 1 rings (SSSR count). The number of thiophene rings is 1. The van der Waals surface area contributed by atoms with Crippen LogP contribution in [0.1, 0.15) is 46.2 Å². The highest BCUT2D eigenvalue weighted by molar-refractivity contribution is 7.14. The predicted octanol–water partition coefficient (Wildman–Crippen LogP) is 4.73.